The zero-order valence-electron chi connectivity index (χ0n) is 24.2. The Kier molecular flexibility index (Phi) is 11.7. The van der Waals surface area contributed by atoms with Crippen LogP contribution in [0.2, 0.25) is 0 Å². The van der Waals surface area contributed by atoms with Gasteiger partial charge in [0.25, 0.3) is 11.8 Å². The number of nitrogens with zero attached hydrogens (tertiary/aromatic N) is 4. The molecule has 1 amide bonds. The van der Waals surface area contributed by atoms with Crippen LogP contribution in [0.25, 0.3) is 22.8 Å². The molecule has 1 unspecified atom stereocenters. The maximum absolute atomic E-state index is 14.9. The average molecular weight is 617 g/mol. The lowest BCUT2D eigenvalue weighted by atomic mass is 10.1. The van der Waals surface area contributed by atoms with Crippen molar-refractivity contribution in [2.75, 3.05) is 13.1 Å². The largest absolute Gasteiger partial charge is 0.481 e. The molecule has 0 fully saturated rings. The smallest absolute Gasteiger partial charge is 0.317 e. The fraction of sp³-hybridized carbons (Fsp3) is 0.379. The molecule has 2 aromatic heterocycles. The Morgan fingerprint density at radius 2 is 1.58 bits per heavy atom. The first-order valence-corrected chi connectivity index (χ1v) is 13.7. The molecule has 0 spiro atoms. The molecule has 0 saturated carbocycles. The van der Waals surface area contributed by atoms with E-state index in [1.807, 2.05) is 39.8 Å². The number of aromatic nitrogens is 4. The quantitative estimate of drug-likeness (QED) is 0.171. The van der Waals surface area contributed by atoms with Crippen molar-refractivity contribution < 1.29 is 32.9 Å². The highest BCUT2D eigenvalue weighted by molar-refractivity contribution is 5.95. The number of rotatable bonds is 14. The third-order valence-corrected chi connectivity index (χ3v) is 6.38. The molecule has 0 aliphatic heterocycles. The molecule has 4 rings (SSSR count). The van der Waals surface area contributed by atoms with E-state index in [1.165, 1.54) is 12.1 Å². The summed E-state index contributed by atoms with van der Waals surface area (Å²) < 4.78 is 31.7. The Hall–Kier alpha value is -4.36. The fourth-order valence-electron chi connectivity index (χ4n) is 3.98. The van der Waals surface area contributed by atoms with Gasteiger partial charge >= 0.3 is 5.97 Å². The van der Waals surface area contributed by atoms with Gasteiger partial charge in [0.15, 0.2) is 6.10 Å². The molecule has 0 aliphatic carbocycles. The second kappa shape index (κ2) is 15.2. The second-order valence-corrected chi connectivity index (χ2v) is 9.90. The number of carboxylic acid groups (broad SMARTS) is 1. The topological polar surface area (TPSA) is 166 Å². The van der Waals surface area contributed by atoms with Gasteiger partial charge in [-0.2, -0.15) is 9.97 Å². The van der Waals surface area contributed by atoms with Gasteiger partial charge in [-0.1, -0.05) is 44.1 Å². The summed E-state index contributed by atoms with van der Waals surface area (Å²) in [5, 5.41) is 22.2. The van der Waals surface area contributed by atoms with Crippen LogP contribution in [-0.4, -0.2) is 56.4 Å². The predicted molar refractivity (Wildman–Crippen MR) is 156 cm³/mol. The maximum Gasteiger partial charge on any atom is 0.317 e. The Bertz CT molecular complexity index is 1510. The van der Waals surface area contributed by atoms with E-state index in [9.17, 15) is 14.0 Å². The van der Waals surface area contributed by atoms with Crippen LogP contribution in [0.5, 0.6) is 5.75 Å². The Labute approximate surface area is 253 Å². The monoisotopic (exact) mass is 616 g/mol. The minimum absolute atomic E-state index is 0. The standard InChI is InChI=1S/C29H33FN6O6.ClH/c1-5-19(14-31-15-24(37)38)32-27(39)21-12-9-18(13-22(21)30)26-34-29(42-36-26)23(6-2)40-20-10-7-17(8-11-20)25-33-28(16(3)4)41-35-25;/h7-13,16,19,23,31H,5-6,14-15H2,1-4H3,(H,32,39)(H,37,38);1H/t19-,23?;/m1./s1. The maximum atomic E-state index is 14.9. The van der Waals surface area contributed by atoms with Gasteiger partial charge in [0.2, 0.25) is 17.5 Å². The number of carboxylic acids is 1. The van der Waals surface area contributed by atoms with Crippen molar-refractivity contribution in [3.8, 4) is 28.5 Å². The molecule has 230 valence electrons. The highest BCUT2D eigenvalue weighted by atomic mass is 35.5. The number of nitrogens with one attached hydrogen (secondary N) is 2. The molecule has 0 radical (unpaired) electrons. The Morgan fingerprint density at radius 1 is 0.953 bits per heavy atom. The second-order valence-electron chi connectivity index (χ2n) is 9.90. The number of carbonyl (C=O) groups is 2. The fourth-order valence-corrected chi connectivity index (χ4v) is 3.98. The predicted octanol–water partition coefficient (Wildman–Crippen LogP) is 5.18. The van der Waals surface area contributed by atoms with Crippen LogP contribution in [0, 0.1) is 5.82 Å². The molecule has 2 atom stereocenters. The molecule has 2 heterocycles. The highest BCUT2D eigenvalue weighted by Crippen LogP contribution is 2.28. The summed E-state index contributed by atoms with van der Waals surface area (Å²) >= 11 is 0. The minimum Gasteiger partial charge on any atom is -0.481 e. The van der Waals surface area contributed by atoms with Crippen LogP contribution in [0.15, 0.2) is 51.5 Å². The molecule has 0 saturated heterocycles. The summed E-state index contributed by atoms with van der Waals surface area (Å²) in [6.07, 6.45) is 0.511. The van der Waals surface area contributed by atoms with E-state index in [2.05, 4.69) is 30.9 Å². The van der Waals surface area contributed by atoms with Crippen LogP contribution in [-0.2, 0) is 4.79 Å². The molecule has 0 bridgehead atoms. The summed E-state index contributed by atoms with van der Waals surface area (Å²) in [7, 11) is 0. The number of hydrogen-bond acceptors (Lipinski definition) is 10. The van der Waals surface area contributed by atoms with Gasteiger partial charge in [0.05, 0.1) is 12.1 Å². The van der Waals surface area contributed by atoms with Crippen LogP contribution in [0.3, 0.4) is 0 Å². The van der Waals surface area contributed by atoms with E-state index in [1.54, 1.807) is 12.1 Å². The molecule has 3 N–H and O–H groups in total. The first-order valence-electron chi connectivity index (χ1n) is 13.7. The first kappa shape index (κ1) is 33.1. The van der Waals surface area contributed by atoms with Crippen molar-refractivity contribution in [3.05, 3.63) is 65.6 Å². The van der Waals surface area contributed by atoms with Gasteiger partial charge in [-0.05, 0) is 49.2 Å². The summed E-state index contributed by atoms with van der Waals surface area (Å²) in [5.74, 6) is -0.239. The van der Waals surface area contributed by atoms with E-state index in [4.69, 9.17) is 18.9 Å². The van der Waals surface area contributed by atoms with Crippen molar-refractivity contribution in [3.63, 3.8) is 0 Å². The van der Waals surface area contributed by atoms with Crippen LogP contribution >= 0.6 is 12.4 Å². The molecule has 12 nitrogen and oxygen atoms in total. The number of benzene rings is 2. The lowest BCUT2D eigenvalue weighted by Gasteiger charge is -2.17. The number of ether oxygens (including phenoxy) is 1. The van der Waals surface area contributed by atoms with Gasteiger partial charge in [0, 0.05) is 29.6 Å². The first-order chi connectivity index (χ1) is 20.2. The minimum atomic E-state index is -1.00. The van der Waals surface area contributed by atoms with Gasteiger partial charge in [-0.15, -0.1) is 12.4 Å². The third kappa shape index (κ3) is 8.58. The normalized spacial score (nSPS) is 12.4. The lowest BCUT2D eigenvalue weighted by Crippen LogP contribution is -2.43. The van der Waals surface area contributed by atoms with E-state index in [-0.39, 0.29) is 54.7 Å². The zero-order valence-corrected chi connectivity index (χ0v) is 25.0. The molecule has 14 heteroatoms. The summed E-state index contributed by atoms with van der Waals surface area (Å²) in [6.45, 7) is 7.69. The van der Waals surface area contributed by atoms with Gasteiger partial charge in [-0.25, -0.2) is 4.39 Å². The van der Waals surface area contributed by atoms with Crippen LogP contribution in [0.1, 0.15) is 74.7 Å². The number of halogens is 2. The Morgan fingerprint density at radius 3 is 2.16 bits per heavy atom. The van der Waals surface area contributed by atoms with Crippen molar-refractivity contribution in [2.24, 2.45) is 0 Å². The van der Waals surface area contributed by atoms with E-state index in [0.717, 1.165) is 11.6 Å². The molecule has 43 heavy (non-hydrogen) atoms. The summed E-state index contributed by atoms with van der Waals surface area (Å²) in [5.41, 5.74) is 0.957. The third-order valence-electron chi connectivity index (χ3n) is 6.38. The molecular weight excluding hydrogens is 583 g/mol. The van der Waals surface area contributed by atoms with Crippen molar-refractivity contribution >= 4 is 24.3 Å². The highest BCUT2D eigenvalue weighted by Gasteiger charge is 2.22. The number of amides is 1. The lowest BCUT2D eigenvalue weighted by molar-refractivity contribution is -0.135. The van der Waals surface area contributed by atoms with Gasteiger partial charge < -0.3 is 29.5 Å². The van der Waals surface area contributed by atoms with E-state index in [0.29, 0.717) is 35.9 Å². The van der Waals surface area contributed by atoms with Crippen molar-refractivity contribution in [2.45, 2.75) is 58.6 Å². The molecular formula is C29H34ClFN6O6. The number of aliphatic carboxylic acids is 1. The van der Waals surface area contributed by atoms with Crippen LogP contribution in [0.4, 0.5) is 4.39 Å². The molecule has 4 aromatic rings. The zero-order chi connectivity index (χ0) is 30.2. The number of carbonyl (C=O) groups excluding carboxylic acids is 1. The molecule has 2 aromatic carbocycles. The Balaban J connectivity index is 0.00000506. The van der Waals surface area contributed by atoms with Gasteiger partial charge in [0.1, 0.15) is 11.6 Å². The van der Waals surface area contributed by atoms with E-state index >= 15 is 0 Å². The summed E-state index contributed by atoms with van der Waals surface area (Å²) in [4.78, 5) is 32.1. The van der Waals surface area contributed by atoms with Crippen molar-refractivity contribution in [1.82, 2.24) is 30.9 Å². The van der Waals surface area contributed by atoms with Crippen molar-refractivity contribution in [1.29, 1.82) is 0 Å². The van der Waals surface area contributed by atoms with E-state index < -0.39 is 23.8 Å². The average Bonchev–Trinajstić information content (AvgIpc) is 3.66. The molecule has 0 aliphatic rings. The number of hydrogen-bond donors (Lipinski definition) is 3. The summed E-state index contributed by atoms with van der Waals surface area (Å²) in [6, 6.07) is 10.9. The SMILES string of the molecule is CCC(Oc1ccc(-c2noc(C(C)C)n2)cc1)c1nc(-c2ccc(C(=O)N[C@H](CC)CNCC(=O)O)c(F)c2)no1.Cl. The van der Waals surface area contributed by atoms with Gasteiger partial charge in [-0.3, -0.25) is 9.59 Å². The van der Waals surface area contributed by atoms with Crippen LogP contribution < -0.4 is 15.4 Å².